The Labute approximate surface area is 116 Å². The number of carboxylic acid groups (broad SMARTS) is 1. The number of aromatic nitrogens is 2. The minimum atomic E-state index is -0.726. The molecule has 1 heterocycles. The van der Waals surface area contributed by atoms with Crippen LogP contribution in [0, 0.1) is 0 Å². The molecule has 4 nitrogen and oxygen atoms in total. The highest BCUT2D eigenvalue weighted by Crippen LogP contribution is 2.18. The molecule has 102 valence electrons. The summed E-state index contributed by atoms with van der Waals surface area (Å²) in [6, 6.07) is 6.29. The largest absolute Gasteiger partial charge is 0.481 e. The Bertz CT molecular complexity index is 566. The van der Waals surface area contributed by atoms with E-state index in [2.05, 4.69) is 29.0 Å². The number of nitrogens with one attached hydrogen (secondary N) is 1. The lowest BCUT2D eigenvalue weighted by atomic mass is 10.1. The molecular weight excluding hydrogens is 260 g/mol. The van der Waals surface area contributed by atoms with E-state index in [1.165, 1.54) is 5.56 Å². The number of aliphatic carboxylic acids is 1. The zero-order valence-corrected chi connectivity index (χ0v) is 11.8. The summed E-state index contributed by atoms with van der Waals surface area (Å²) in [5.41, 5.74) is 3.38. The van der Waals surface area contributed by atoms with Crippen molar-refractivity contribution in [3.63, 3.8) is 0 Å². The monoisotopic (exact) mass is 278 g/mol. The average Bonchev–Trinajstić information content (AvgIpc) is 2.79. The van der Waals surface area contributed by atoms with Gasteiger partial charge in [0.1, 0.15) is 5.82 Å². The molecule has 0 spiro atoms. The van der Waals surface area contributed by atoms with Crippen molar-refractivity contribution in [2.45, 2.75) is 31.9 Å². The fourth-order valence-electron chi connectivity index (χ4n) is 1.89. The molecular formula is C14H18N2O2S. The molecule has 2 rings (SSSR count). The lowest BCUT2D eigenvalue weighted by Crippen LogP contribution is -1.95. The average molecular weight is 278 g/mol. The smallest absolute Gasteiger partial charge is 0.303 e. The first-order chi connectivity index (χ1) is 9.19. The van der Waals surface area contributed by atoms with Gasteiger partial charge in [-0.05, 0) is 36.3 Å². The third kappa shape index (κ3) is 3.99. The van der Waals surface area contributed by atoms with Gasteiger partial charge in [0.05, 0.1) is 16.8 Å². The molecule has 0 radical (unpaired) electrons. The Morgan fingerprint density at radius 2 is 2.32 bits per heavy atom. The summed E-state index contributed by atoms with van der Waals surface area (Å²) in [4.78, 5) is 18.2. The molecule has 0 saturated carbocycles. The lowest BCUT2D eigenvalue weighted by molar-refractivity contribution is -0.137. The molecule has 19 heavy (non-hydrogen) atoms. The Morgan fingerprint density at radius 3 is 3.05 bits per heavy atom. The maximum atomic E-state index is 10.4. The molecule has 0 aliphatic heterocycles. The first-order valence-corrected chi connectivity index (χ1v) is 7.61. The Hall–Kier alpha value is -1.49. The van der Waals surface area contributed by atoms with Gasteiger partial charge in [0.2, 0.25) is 0 Å². The maximum Gasteiger partial charge on any atom is 0.303 e. The van der Waals surface area contributed by atoms with Crippen LogP contribution in [0.3, 0.4) is 0 Å². The molecule has 5 heteroatoms. The minimum absolute atomic E-state index is 0.243. The number of aryl methyl sites for hydroxylation is 1. The molecule has 1 aromatic heterocycles. The normalized spacial score (nSPS) is 11.0. The van der Waals surface area contributed by atoms with Crippen molar-refractivity contribution in [3.05, 3.63) is 29.6 Å². The Kier molecular flexibility index (Phi) is 4.85. The minimum Gasteiger partial charge on any atom is -0.481 e. The van der Waals surface area contributed by atoms with Crippen molar-refractivity contribution in [3.8, 4) is 0 Å². The molecule has 0 bridgehead atoms. The summed E-state index contributed by atoms with van der Waals surface area (Å²) in [6.07, 6.45) is 1.97. The highest BCUT2D eigenvalue weighted by Gasteiger charge is 2.04. The van der Waals surface area contributed by atoms with E-state index in [1.807, 2.05) is 6.07 Å². The molecule has 0 saturated heterocycles. The second kappa shape index (κ2) is 6.61. The predicted molar refractivity (Wildman–Crippen MR) is 78.5 cm³/mol. The number of H-pyrrole nitrogens is 1. The summed E-state index contributed by atoms with van der Waals surface area (Å²) >= 11 is 1.72. The highest BCUT2D eigenvalue weighted by molar-refractivity contribution is 7.98. The molecule has 1 aromatic carbocycles. The van der Waals surface area contributed by atoms with Crippen molar-refractivity contribution in [2.75, 3.05) is 5.75 Å². The highest BCUT2D eigenvalue weighted by atomic mass is 32.2. The molecule has 0 fully saturated rings. The van der Waals surface area contributed by atoms with Crippen LogP contribution in [0.5, 0.6) is 0 Å². The first kappa shape index (κ1) is 13.9. The predicted octanol–water partition coefficient (Wildman–Crippen LogP) is 3.22. The summed E-state index contributed by atoms with van der Waals surface area (Å²) in [6.45, 7) is 2.14. The van der Waals surface area contributed by atoms with E-state index in [0.717, 1.165) is 34.8 Å². The second-order valence-electron chi connectivity index (χ2n) is 4.44. The zero-order valence-electron chi connectivity index (χ0n) is 11.0. The van der Waals surface area contributed by atoms with Gasteiger partial charge in [0, 0.05) is 6.42 Å². The molecule has 0 aliphatic carbocycles. The van der Waals surface area contributed by atoms with E-state index >= 15 is 0 Å². The van der Waals surface area contributed by atoms with Crippen LogP contribution in [-0.2, 0) is 17.0 Å². The fraction of sp³-hybridized carbons (Fsp3) is 0.429. The number of nitrogens with zero attached hydrogens (tertiary/aromatic N) is 1. The second-order valence-corrected chi connectivity index (χ2v) is 5.54. The summed E-state index contributed by atoms with van der Waals surface area (Å²) in [7, 11) is 0. The van der Waals surface area contributed by atoms with Gasteiger partial charge in [-0.2, -0.15) is 11.8 Å². The molecule has 0 atom stereocenters. The van der Waals surface area contributed by atoms with Crippen LogP contribution >= 0.6 is 11.8 Å². The van der Waals surface area contributed by atoms with E-state index in [9.17, 15) is 4.79 Å². The van der Waals surface area contributed by atoms with E-state index < -0.39 is 5.97 Å². The quantitative estimate of drug-likeness (QED) is 0.763. The SMILES string of the molecule is CCc1ccc2nc(CSCCCC(=O)O)[nH]c2c1. The van der Waals surface area contributed by atoms with Gasteiger partial charge in [-0.1, -0.05) is 13.0 Å². The van der Waals surface area contributed by atoms with Crippen LogP contribution < -0.4 is 0 Å². The number of thioether (sulfide) groups is 1. The molecule has 0 unspecified atom stereocenters. The number of hydrogen-bond donors (Lipinski definition) is 2. The molecule has 2 aromatic rings. The van der Waals surface area contributed by atoms with E-state index in [1.54, 1.807) is 11.8 Å². The molecule has 0 aliphatic rings. The van der Waals surface area contributed by atoms with Crippen molar-refractivity contribution >= 4 is 28.8 Å². The Balaban J connectivity index is 1.89. The molecule has 0 amide bonds. The van der Waals surface area contributed by atoms with Crippen LogP contribution in [-0.4, -0.2) is 26.8 Å². The van der Waals surface area contributed by atoms with Gasteiger partial charge in [-0.3, -0.25) is 4.79 Å². The van der Waals surface area contributed by atoms with Crippen LogP contribution in [0.2, 0.25) is 0 Å². The summed E-state index contributed by atoms with van der Waals surface area (Å²) < 4.78 is 0. The van der Waals surface area contributed by atoms with Gasteiger partial charge in [-0.15, -0.1) is 0 Å². The zero-order chi connectivity index (χ0) is 13.7. The fourth-order valence-corrected chi connectivity index (χ4v) is 2.72. The Morgan fingerprint density at radius 1 is 1.47 bits per heavy atom. The van der Waals surface area contributed by atoms with Gasteiger partial charge in [0.15, 0.2) is 0 Å². The number of hydrogen-bond acceptors (Lipinski definition) is 3. The number of rotatable bonds is 7. The van der Waals surface area contributed by atoms with Crippen molar-refractivity contribution < 1.29 is 9.90 Å². The van der Waals surface area contributed by atoms with Crippen LogP contribution in [0.25, 0.3) is 11.0 Å². The van der Waals surface area contributed by atoms with Gasteiger partial charge in [-0.25, -0.2) is 4.98 Å². The van der Waals surface area contributed by atoms with Crippen molar-refractivity contribution in [1.82, 2.24) is 9.97 Å². The number of carbonyl (C=O) groups is 1. The van der Waals surface area contributed by atoms with Gasteiger partial charge < -0.3 is 10.1 Å². The van der Waals surface area contributed by atoms with E-state index in [4.69, 9.17) is 5.11 Å². The van der Waals surface area contributed by atoms with Crippen LogP contribution in [0.15, 0.2) is 18.2 Å². The van der Waals surface area contributed by atoms with Crippen molar-refractivity contribution in [2.24, 2.45) is 0 Å². The van der Waals surface area contributed by atoms with E-state index in [-0.39, 0.29) is 6.42 Å². The summed E-state index contributed by atoms with van der Waals surface area (Å²) in [5.74, 6) is 1.89. The topological polar surface area (TPSA) is 66.0 Å². The number of fused-ring (bicyclic) bond motifs is 1. The van der Waals surface area contributed by atoms with Gasteiger partial charge in [0.25, 0.3) is 0 Å². The standard InChI is InChI=1S/C14H18N2O2S/c1-2-10-5-6-11-12(8-10)16-13(15-11)9-19-7-3-4-14(17)18/h5-6,8H,2-4,7,9H2,1H3,(H,15,16)(H,17,18). The third-order valence-corrected chi connectivity index (χ3v) is 3.98. The number of carboxylic acids is 1. The van der Waals surface area contributed by atoms with Crippen LogP contribution in [0.4, 0.5) is 0 Å². The lowest BCUT2D eigenvalue weighted by Gasteiger charge is -1.97. The molecule has 2 N–H and O–H groups in total. The van der Waals surface area contributed by atoms with Crippen molar-refractivity contribution in [1.29, 1.82) is 0 Å². The first-order valence-electron chi connectivity index (χ1n) is 6.46. The number of benzene rings is 1. The number of imidazole rings is 1. The van der Waals surface area contributed by atoms with Gasteiger partial charge >= 0.3 is 5.97 Å². The van der Waals surface area contributed by atoms with E-state index in [0.29, 0.717) is 6.42 Å². The maximum absolute atomic E-state index is 10.4. The summed E-state index contributed by atoms with van der Waals surface area (Å²) in [5, 5.41) is 8.55. The number of aromatic amines is 1. The third-order valence-electron chi connectivity index (χ3n) is 2.92. The van der Waals surface area contributed by atoms with Crippen LogP contribution in [0.1, 0.15) is 31.2 Å².